The van der Waals surface area contributed by atoms with Gasteiger partial charge in [-0.1, -0.05) is 42.8 Å². The Morgan fingerprint density at radius 2 is 2.08 bits per heavy atom. The average molecular weight is 215 g/mol. The smallest absolute Gasteiger partial charge is 0.125 e. The second-order valence-corrected chi connectivity index (χ2v) is 6.49. The Kier molecular flexibility index (Phi) is 3.61. The molecule has 0 N–H and O–H groups in total. The molecule has 0 aromatic carbocycles. The third-order valence-corrected chi connectivity index (χ3v) is 5.35. The first-order valence-electron chi connectivity index (χ1n) is 5.22. The van der Waals surface area contributed by atoms with E-state index in [0.29, 0.717) is 6.04 Å². The lowest BCUT2D eigenvalue weighted by atomic mass is 10.0. The van der Waals surface area contributed by atoms with Crippen LogP contribution in [0.1, 0.15) is 39.0 Å². The first-order valence-corrected chi connectivity index (χ1v) is 7.08. The van der Waals surface area contributed by atoms with Gasteiger partial charge in [-0.3, -0.25) is 4.99 Å². The van der Waals surface area contributed by atoms with Crippen molar-refractivity contribution in [2.45, 2.75) is 50.3 Å². The van der Waals surface area contributed by atoms with E-state index in [1.807, 2.05) is 23.5 Å². The van der Waals surface area contributed by atoms with Crippen molar-refractivity contribution in [3.8, 4) is 0 Å². The monoisotopic (exact) mass is 215 g/mol. The van der Waals surface area contributed by atoms with E-state index in [0.717, 1.165) is 5.25 Å². The lowest BCUT2D eigenvalue weighted by molar-refractivity contribution is 0.517. The molecule has 1 saturated carbocycles. The van der Waals surface area contributed by atoms with Crippen LogP contribution in [0.5, 0.6) is 0 Å². The number of nitrogens with zero attached hydrogens (tertiary/aromatic N) is 1. The fourth-order valence-electron chi connectivity index (χ4n) is 1.84. The Balaban J connectivity index is 1.80. The van der Waals surface area contributed by atoms with Crippen LogP contribution in [0, 0.1) is 0 Å². The van der Waals surface area contributed by atoms with Gasteiger partial charge in [0.2, 0.25) is 0 Å². The summed E-state index contributed by atoms with van der Waals surface area (Å²) in [6.07, 6.45) is 7.15. The van der Waals surface area contributed by atoms with Gasteiger partial charge in [-0.2, -0.15) is 0 Å². The number of hydrogen-bond donors (Lipinski definition) is 0. The van der Waals surface area contributed by atoms with Gasteiger partial charge in [-0.05, 0) is 19.8 Å². The molecule has 0 spiro atoms. The second-order valence-electron chi connectivity index (χ2n) is 3.93. The quantitative estimate of drug-likeness (QED) is 0.663. The largest absolute Gasteiger partial charge is 0.268 e. The topological polar surface area (TPSA) is 12.4 Å². The molecule has 1 aliphatic carbocycles. The van der Waals surface area contributed by atoms with Crippen molar-refractivity contribution in [3.63, 3.8) is 0 Å². The van der Waals surface area contributed by atoms with Gasteiger partial charge in [0.15, 0.2) is 0 Å². The highest BCUT2D eigenvalue weighted by molar-refractivity contribution is 8.39. The number of rotatable bonds is 1. The first-order chi connectivity index (χ1) is 6.34. The third-order valence-electron chi connectivity index (χ3n) is 2.59. The molecule has 0 bridgehead atoms. The van der Waals surface area contributed by atoms with E-state index >= 15 is 0 Å². The van der Waals surface area contributed by atoms with Gasteiger partial charge >= 0.3 is 0 Å². The summed E-state index contributed by atoms with van der Waals surface area (Å²) < 4.78 is 1.36. The van der Waals surface area contributed by atoms with Gasteiger partial charge < -0.3 is 0 Å². The van der Waals surface area contributed by atoms with E-state index < -0.39 is 0 Å². The van der Waals surface area contributed by atoms with E-state index in [9.17, 15) is 0 Å². The van der Waals surface area contributed by atoms with Crippen molar-refractivity contribution in [1.82, 2.24) is 0 Å². The predicted molar refractivity (Wildman–Crippen MR) is 63.8 cm³/mol. The maximum Gasteiger partial charge on any atom is 0.125 e. The summed E-state index contributed by atoms with van der Waals surface area (Å²) in [5.41, 5.74) is 0. The molecule has 13 heavy (non-hydrogen) atoms. The Morgan fingerprint density at radius 1 is 1.31 bits per heavy atom. The van der Waals surface area contributed by atoms with Crippen molar-refractivity contribution in [2.24, 2.45) is 4.99 Å². The van der Waals surface area contributed by atoms with Gasteiger partial charge in [0.05, 0.1) is 6.04 Å². The lowest BCUT2D eigenvalue weighted by Gasteiger charge is -2.20. The molecule has 0 aromatic heterocycles. The van der Waals surface area contributed by atoms with Crippen molar-refractivity contribution >= 4 is 27.9 Å². The van der Waals surface area contributed by atoms with E-state index in [4.69, 9.17) is 0 Å². The fraction of sp³-hybridized carbons (Fsp3) is 0.900. The molecular formula is C10H17NS2. The summed E-state index contributed by atoms with van der Waals surface area (Å²) >= 11 is 4.00. The second kappa shape index (κ2) is 4.74. The summed E-state index contributed by atoms with van der Waals surface area (Å²) in [7, 11) is 0. The minimum absolute atomic E-state index is 0.566. The van der Waals surface area contributed by atoms with Crippen LogP contribution in [0.2, 0.25) is 0 Å². The molecule has 1 aliphatic heterocycles. The SMILES string of the molecule is CC1CSC(SC2CCCCC2)=N1. The Labute approximate surface area is 89.2 Å². The van der Waals surface area contributed by atoms with E-state index in [1.54, 1.807) is 0 Å². The number of hydrogen-bond acceptors (Lipinski definition) is 3. The molecule has 74 valence electrons. The number of thioether (sulfide) groups is 2. The minimum Gasteiger partial charge on any atom is -0.268 e. The van der Waals surface area contributed by atoms with Gasteiger partial charge in [0, 0.05) is 11.0 Å². The zero-order chi connectivity index (χ0) is 9.10. The molecule has 0 aromatic rings. The Morgan fingerprint density at radius 3 is 2.69 bits per heavy atom. The summed E-state index contributed by atoms with van der Waals surface area (Å²) in [6.45, 7) is 2.21. The van der Waals surface area contributed by atoms with Gasteiger partial charge in [-0.25, -0.2) is 0 Å². The van der Waals surface area contributed by atoms with Crippen LogP contribution in [-0.4, -0.2) is 21.4 Å². The first kappa shape index (κ1) is 9.91. The molecule has 1 nitrogen and oxygen atoms in total. The molecule has 2 rings (SSSR count). The zero-order valence-electron chi connectivity index (χ0n) is 8.16. The van der Waals surface area contributed by atoms with Crippen LogP contribution in [-0.2, 0) is 0 Å². The standard InChI is InChI=1S/C10H17NS2/c1-8-7-12-10(11-8)13-9-5-3-2-4-6-9/h8-9H,2-7H2,1H3. The zero-order valence-corrected chi connectivity index (χ0v) is 9.79. The lowest BCUT2D eigenvalue weighted by Crippen LogP contribution is -2.09. The molecule has 1 fully saturated rings. The van der Waals surface area contributed by atoms with E-state index in [1.165, 1.54) is 42.2 Å². The van der Waals surface area contributed by atoms with Crippen LogP contribution in [0.25, 0.3) is 0 Å². The maximum absolute atomic E-state index is 4.63. The Bertz CT molecular complexity index is 197. The molecule has 1 atom stereocenters. The molecule has 2 aliphatic rings. The summed E-state index contributed by atoms with van der Waals surface area (Å²) in [4.78, 5) is 4.63. The minimum atomic E-state index is 0.566. The average Bonchev–Trinajstić information content (AvgIpc) is 2.53. The molecule has 1 unspecified atom stereocenters. The van der Waals surface area contributed by atoms with Crippen molar-refractivity contribution in [2.75, 3.05) is 5.75 Å². The normalized spacial score (nSPS) is 30.5. The number of aliphatic imine (C=N–C) groups is 1. The highest BCUT2D eigenvalue weighted by Crippen LogP contribution is 2.35. The van der Waals surface area contributed by atoms with Gasteiger partial charge in [-0.15, -0.1) is 0 Å². The van der Waals surface area contributed by atoms with Crippen molar-refractivity contribution < 1.29 is 0 Å². The van der Waals surface area contributed by atoms with Crippen molar-refractivity contribution in [3.05, 3.63) is 0 Å². The fourth-order valence-corrected chi connectivity index (χ4v) is 4.53. The van der Waals surface area contributed by atoms with Crippen molar-refractivity contribution in [1.29, 1.82) is 0 Å². The van der Waals surface area contributed by atoms with Crippen LogP contribution in [0.4, 0.5) is 0 Å². The summed E-state index contributed by atoms with van der Waals surface area (Å²) in [5, 5.41) is 0.880. The predicted octanol–water partition coefficient (Wildman–Crippen LogP) is 3.54. The van der Waals surface area contributed by atoms with Crippen LogP contribution in [0.3, 0.4) is 0 Å². The summed E-state index contributed by atoms with van der Waals surface area (Å²) in [6, 6.07) is 0.566. The Hall–Kier alpha value is 0.370. The highest BCUT2D eigenvalue weighted by atomic mass is 32.2. The molecule has 0 radical (unpaired) electrons. The van der Waals surface area contributed by atoms with Gasteiger partial charge in [0.1, 0.15) is 4.38 Å². The summed E-state index contributed by atoms with van der Waals surface area (Å²) in [5.74, 6) is 1.20. The molecular weight excluding hydrogens is 198 g/mol. The maximum atomic E-state index is 4.63. The molecule has 3 heteroatoms. The third kappa shape index (κ3) is 2.91. The van der Waals surface area contributed by atoms with Crippen LogP contribution in [0.15, 0.2) is 4.99 Å². The van der Waals surface area contributed by atoms with E-state index in [-0.39, 0.29) is 0 Å². The van der Waals surface area contributed by atoms with E-state index in [2.05, 4.69) is 11.9 Å². The molecule has 1 heterocycles. The highest BCUT2D eigenvalue weighted by Gasteiger charge is 2.20. The molecule has 0 amide bonds. The van der Waals surface area contributed by atoms with Crippen LogP contribution >= 0.6 is 23.5 Å². The van der Waals surface area contributed by atoms with Gasteiger partial charge in [0.25, 0.3) is 0 Å². The van der Waals surface area contributed by atoms with Crippen LogP contribution < -0.4 is 0 Å². The molecule has 0 saturated heterocycles.